The molecular weight excluding hydrogens is 354 g/mol. The van der Waals surface area contributed by atoms with Crippen molar-refractivity contribution in [2.45, 2.75) is 6.54 Å². The van der Waals surface area contributed by atoms with Gasteiger partial charge in [0.05, 0.1) is 12.3 Å². The third-order valence-corrected chi connectivity index (χ3v) is 5.07. The molecule has 7 nitrogen and oxygen atoms in total. The summed E-state index contributed by atoms with van der Waals surface area (Å²) in [6.45, 7) is 3.80. The maximum Gasteiger partial charge on any atom is 0.317 e. The van der Waals surface area contributed by atoms with Gasteiger partial charge in [-0.3, -0.25) is 9.69 Å². The number of carbonyl (C=O) groups excluding carboxylic acids is 2. The number of hydrogen-bond acceptors (Lipinski definition) is 4. The highest BCUT2D eigenvalue weighted by Crippen LogP contribution is 2.16. The largest absolute Gasteiger partial charge is 0.334 e. The van der Waals surface area contributed by atoms with Gasteiger partial charge in [-0.25, -0.2) is 9.79 Å². The zero-order valence-electron chi connectivity index (χ0n) is 15.6. The third-order valence-electron chi connectivity index (χ3n) is 5.07. The summed E-state index contributed by atoms with van der Waals surface area (Å²) in [6.07, 6.45) is 7.43. The molecule has 1 atom stereocenters. The second-order valence-corrected chi connectivity index (χ2v) is 7.03. The number of urea groups is 1. The van der Waals surface area contributed by atoms with Crippen molar-refractivity contribution in [3.63, 3.8) is 0 Å². The number of nitrogens with zero attached hydrogens (tertiary/aromatic N) is 4. The minimum Gasteiger partial charge on any atom is -0.334 e. The molecule has 1 aromatic carbocycles. The molecule has 3 amide bonds. The van der Waals surface area contributed by atoms with Gasteiger partial charge in [-0.2, -0.15) is 4.99 Å². The van der Waals surface area contributed by atoms with Crippen LogP contribution in [-0.2, 0) is 11.3 Å². The lowest BCUT2D eigenvalue weighted by Crippen LogP contribution is -2.52. The third kappa shape index (κ3) is 4.26. The van der Waals surface area contributed by atoms with E-state index in [1.165, 1.54) is 0 Å². The lowest BCUT2D eigenvalue weighted by molar-refractivity contribution is -0.118. The van der Waals surface area contributed by atoms with E-state index in [0.29, 0.717) is 32.0 Å². The Hall–Kier alpha value is -3.06. The Morgan fingerprint density at radius 2 is 1.86 bits per heavy atom. The quantitative estimate of drug-likeness (QED) is 0.866. The number of fused-ring (bicyclic) bond motifs is 1. The van der Waals surface area contributed by atoms with E-state index in [9.17, 15) is 9.59 Å². The normalized spacial score (nSPS) is 21.8. The Kier molecular flexibility index (Phi) is 5.43. The molecule has 7 heteroatoms. The van der Waals surface area contributed by atoms with E-state index in [0.717, 1.165) is 24.4 Å². The first-order chi connectivity index (χ1) is 13.7. The summed E-state index contributed by atoms with van der Waals surface area (Å²) < 4.78 is 0. The molecule has 1 unspecified atom stereocenters. The van der Waals surface area contributed by atoms with Gasteiger partial charge in [-0.05, 0) is 11.6 Å². The molecule has 1 fully saturated rings. The fourth-order valence-electron chi connectivity index (χ4n) is 3.48. The van der Waals surface area contributed by atoms with Crippen molar-refractivity contribution in [2.24, 2.45) is 15.9 Å². The van der Waals surface area contributed by atoms with Crippen LogP contribution in [0.15, 0.2) is 64.6 Å². The minimum absolute atomic E-state index is 0.0455. The van der Waals surface area contributed by atoms with Gasteiger partial charge < -0.3 is 10.2 Å². The monoisotopic (exact) mass is 377 g/mol. The number of hydrogen-bond donors (Lipinski definition) is 1. The van der Waals surface area contributed by atoms with Crippen LogP contribution in [0.25, 0.3) is 0 Å². The lowest BCUT2D eigenvalue weighted by atomic mass is 9.96. The molecule has 1 saturated heterocycles. The van der Waals surface area contributed by atoms with Crippen molar-refractivity contribution in [3.8, 4) is 0 Å². The first-order valence-electron chi connectivity index (χ1n) is 9.53. The van der Waals surface area contributed by atoms with Crippen LogP contribution in [0.4, 0.5) is 4.79 Å². The van der Waals surface area contributed by atoms with Gasteiger partial charge in [0.25, 0.3) is 5.91 Å². The van der Waals surface area contributed by atoms with Crippen LogP contribution in [0.1, 0.15) is 5.56 Å². The zero-order valence-corrected chi connectivity index (χ0v) is 15.6. The number of carbonyl (C=O) groups is 2. The van der Waals surface area contributed by atoms with E-state index in [2.05, 4.69) is 20.2 Å². The van der Waals surface area contributed by atoms with Crippen LogP contribution in [-0.4, -0.2) is 66.0 Å². The van der Waals surface area contributed by atoms with Gasteiger partial charge >= 0.3 is 6.03 Å². The smallest absolute Gasteiger partial charge is 0.317 e. The van der Waals surface area contributed by atoms with Gasteiger partial charge in [0.15, 0.2) is 0 Å². The van der Waals surface area contributed by atoms with Gasteiger partial charge in [0.2, 0.25) is 0 Å². The van der Waals surface area contributed by atoms with Crippen LogP contribution in [0, 0.1) is 5.92 Å². The SMILES string of the molecule is O=C1N=C(CN2CCN(C(=O)NCc3ccccc3)CC2)N=C2C=CC=CC12. The Labute approximate surface area is 164 Å². The van der Waals surface area contributed by atoms with E-state index in [1.54, 1.807) is 0 Å². The van der Waals surface area contributed by atoms with Crippen molar-refractivity contribution >= 4 is 23.5 Å². The summed E-state index contributed by atoms with van der Waals surface area (Å²) in [4.78, 5) is 37.2. The summed E-state index contributed by atoms with van der Waals surface area (Å²) in [7, 11) is 0. The molecule has 2 heterocycles. The van der Waals surface area contributed by atoms with Gasteiger partial charge in [0.1, 0.15) is 11.8 Å². The number of amides is 3. The Balaban J connectivity index is 1.26. The van der Waals surface area contributed by atoms with Crippen molar-refractivity contribution in [1.29, 1.82) is 0 Å². The molecule has 144 valence electrons. The highest BCUT2D eigenvalue weighted by Gasteiger charge is 2.28. The number of allylic oxidation sites excluding steroid dienone is 3. The number of benzene rings is 1. The maximum absolute atomic E-state index is 12.4. The average molecular weight is 377 g/mol. The Bertz CT molecular complexity index is 864. The highest BCUT2D eigenvalue weighted by molar-refractivity contribution is 6.21. The minimum atomic E-state index is -0.334. The number of piperazine rings is 1. The van der Waals surface area contributed by atoms with E-state index in [4.69, 9.17) is 0 Å². The molecule has 0 aromatic heterocycles. The highest BCUT2D eigenvalue weighted by atomic mass is 16.2. The molecule has 2 aliphatic heterocycles. The average Bonchev–Trinajstić information content (AvgIpc) is 2.73. The molecule has 0 radical (unpaired) electrons. The molecule has 3 aliphatic rings. The standard InChI is InChI=1S/C21H23N5O2/c27-20-17-8-4-5-9-18(17)23-19(24-20)15-25-10-12-26(13-11-25)21(28)22-14-16-6-2-1-3-7-16/h1-9,17H,10-15H2,(H,22,28). The zero-order chi connectivity index (χ0) is 19.3. The maximum atomic E-state index is 12.4. The van der Waals surface area contributed by atoms with Crippen molar-refractivity contribution in [2.75, 3.05) is 32.7 Å². The molecule has 28 heavy (non-hydrogen) atoms. The van der Waals surface area contributed by atoms with Crippen LogP contribution < -0.4 is 5.32 Å². The van der Waals surface area contributed by atoms with Crippen LogP contribution in [0.5, 0.6) is 0 Å². The Morgan fingerprint density at radius 3 is 2.64 bits per heavy atom. The van der Waals surface area contributed by atoms with Crippen LogP contribution in [0.2, 0.25) is 0 Å². The van der Waals surface area contributed by atoms with E-state index in [1.807, 2.05) is 59.5 Å². The van der Waals surface area contributed by atoms with Gasteiger partial charge in [-0.15, -0.1) is 0 Å². The topological polar surface area (TPSA) is 77.4 Å². The predicted molar refractivity (Wildman–Crippen MR) is 108 cm³/mol. The van der Waals surface area contributed by atoms with Gasteiger partial charge in [-0.1, -0.05) is 48.6 Å². The summed E-state index contributed by atoms with van der Waals surface area (Å²) in [6, 6.07) is 9.83. The van der Waals surface area contributed by atoms with Crippen LogP contribution >= 0.6 is 0 Å². The molecule has 1 aliphatic carbocycles. The number of nitrogens with one attached hydrogen (secondary N) is 1. The number of aliphatic imine (C=N–C) groups is 2. The molecule has 4 rings (SSSR count). The lowest BCUT2D eigenvalue weighted by Gasteiger charge is -2.34. The second-order valence-electron chi connectivity index (χ2n) is 7.03. The number of amidine groups is 1. The summed E-state index contributed by atoms with van der Waals surface area (Å²) in [5.74, 6) is 0.0663. The van der Waals surface area contributed by atoms with Crippen LogP contribution in [0.3, 0.4) is 0 Å². The fourth-order valence-corrected chi connectivity index (χ4v) is 3.48. The first-order valence-corrected chi connectivity index (χ1v) is 9.53. The first kappa shape index (κ1) is 18.3. The van der Waals surface area contributed by atoms with Crippen molar-refractivity contribution in [3.05, 3.63) is 60.2 Å². The molecule has 0 bridgehead atoms. The van der Waals surface area contributed by atoms with E-state index in [-0.39, 0.29) is 17.9 Å². The van der Waals surface area contributed by atoms with E-state index >= 15 is 0 Å². The molecule has 0 saturated carbocycles. The number of rotatable bonds is 4. The summed E-state index contributed by atoms with van der Waals surface area (Å²) >= 11 is 0. The summed E-state index contributed by atoms with van der Waals surface area (Å²) in [5.41, 5.74) is 1.84. The molecule has 1 N–H and O–H groups in total. The van der Waals surface area contributed by atoms with Crippen molar-refractivity contribution in [1.82, 2.24) is 15.1 Å². The van der Waals surface area contributed by atoms with Gasteiger partial charge in [0, 0.05) is 32.7 Å². The van der Waals surface area contributed by atoms with E-state index < -0.39 is 0 Å². The Morgan fingerprint density at radius 1 is 1.07 bits per heavy atom. The fraction of sp³-hybridized carbons (Fsp3) is 0.333. The summed E-state index contributed by atoms with van der Waals surface area (Å²) in [5, 5.41) is 2.97. The molecule has 1 aromatic rings. The predicted octanol–water partition coefficient (Wildman–Crippen LogP) is 1.64. The van der Waals surface area contributed by atoms with Crippen molar-refractivity contribution < 1.29 is 9.59 Å². The second kappa shape index (κ2) is 8.31. The molecule has 0 spiro atoms. The molecular formula is C21H23N5O2.